The van der Waals surface area contributed by atoms with Gasteiger partial charge in [-0.3, -0.25) is 4.79 Å². The van der Waals surface area contributed by atoms with E-state index in [2.05, 4.69) is 5.32 Å². The molecule has 1 aromatic heterocycles. The van der Waals surface area contributed by atoms with Crippen LogP contribution in [0.15, 0.2) is 65.3 Å². The van der Waals surface area contributed by atoms with E-state index in [0.717, 1.165) is 10.9 Å². The zero-order chi connectivity index (χ0) is 19.2. The number of para-hydroxylation sites is 1. The molecule has 1 amide bonds. The molecule has 0 aliphatic rings. The number of furan rings is 1. The summed E-state index contributed by atoms with van der Waals surface area (Å²) < 4.78 is 10.5. The predicted molar refractivity (Wildman–Crippen MR) is 99.4 cm³/mol. The first kappa shape index (κ1) is 19.1. The van der Waals surface area contributed by atoms with Crippen molar-refractivity contribution in [3.63, 3.8) is 0 Å². The van der Waals surface area contributed by atoms with E-state index in [1.54, 1.807) is 24.3 Å². The monoisotopic (exact) mass is 369 g/mol. The van der Waals surface area contributed by atoms with E-state index < -0.39 is 25.4 Å². The summed E-state index contributed by atoms with van der Waals surface area (Å²) in [6.07, 6.45) is 0.682. The Hall–Kier alpha value is -2.65. The van der Waals surface area contributed by atoms with Gasteiger partial charge in [0.2, 0.25) is 5.91 Å². The lowest BCUT2D eigenvalue weighted by Gasteiger charge is -2.22. The third-order valence-corrected chi connectivity index (χ3v) is 4.26. The molecule has 0 spiro atoms. The van der Waals surface area contributed by atoms with Gasteiger partial charge < -0.3 is 29.5 Å². The van der Waals surface area contributed by atoms with Crippen LogP contribution in [0, 0.1) is 0 Å². The van der Waals surface area contributed by atoms with Crippen molar-refractivity contribution in [2.75, 3.05) is 6.61 Å². The lowest BCUT2D eigenvalue weighted by Crippen LogP contribution is -2.44. The molecular weight excluding hydrogens is 349 g/mol. The number of hydrogen-bond acceptors (Lipinski definition) is 6. The van der Waals surface area contributed by atoms with E-state index >= 15 is 0 Å². The van der Waals surface area contributed by atoms with E-state index in [0.29, 0.717) is 11.1 Å². The Labute approximate surface area is 156 Å². The molecule has 1 heterocycles. The molecule has 0 radical (unpaired) electrons. The molecule has 0 aliphatic heterocycles. The van der Waals surface area contributed by atoms with E-state index in [1.165, 1.54) is 6.26 Å². The van der Waals surface area contributed by atoms with Crippen LogP contribution >= 0.6 is 0 Å². The van der Waals surface area contributed by atoms with Crippen LogP contribution in [0.2, 0.25) is 0 Å². The Morgan fingerprint density at radius 1 is 1.11 bits per heavy atom. The number of rotatable bonds is 8. The minimum absolute atomic E-state index is 0.160. The maximum Gasteiger partial charge on any atom is 0.635 e. The highest BCUT2D eigenvalue weighted by molar-refractivity contribution is 6.32. The second-order valence-corrected chi connectivity index (χ2v) is 6.07. The normalized spacial score (nSPS) is 13.3. The van der Waals surface area contributed by atoms with Crippen LogP contribution in [0.4, 0.5) is 0 Å². The van der Waals surface area contributed by atoms with Gasteiger partial charge in [-0.1, -0.05) is 48.5 Å². The van der Waals surface area contributed by atoms with E-state index in [1.807, 2.05) is 30.3 Å². The zero-order valence-corrected chi connectivity index (χ0v) is 14.5. The number of carbonyl (C=O) groups is 1. The molecule has 7 nitrogen and oxygen atoms in total. The SMILES string of the molecule is O=C(N[C@@H](Cc1coc2ccccc12)OB(O)O)[C@H](CO)c1ccccc1. The quantitative estimate of drug-likeness (QED) is 0.351. The van der Waals surface area contributed by atoms with E-state index in [-0.39, 0.29) is 13.0 Å². The van der Waals surface area contributed by atoms with Crippen LogP contribution in [0.3, 0.4) is 0 Å². The molecule has 27 heavy (non-hydrogen) atoms. The average Bonchev–Trinajstić information content (AvgIpc) is 3.06. The predicted octanol–water partition coefficient (Wildman–Crippen LogP) is 1.18. The second-order valence-electron chi connectivity index (χ2n) is 6.07. The summed E-state index contributed by atoms with van der Waals surface area (Å²) in [4.78, 5) is 12.6. The third-order valence-electron chi connectivity index (χ3n) is 4.26. The highest BCUT2D eigenvalue weighted by Crippen LogP contribution is 2.23. The zero-order valence-electron chi connectivity index (χ0n) is 14.5. The minimum Gasteiger partial charge on any atom is -0.464 e. The fourth-order valence-corrected chi connectivity index (χ4v) is 2.95. The molecule has 0 saturated carbocycles. The summed E-state index contributed by atoms with van der Waals surface area (Å²) in [6.45, 7) is -0.390. The van der Waals surface area contributed by atoms with Crippen LogP contribution in [0.5, 0.6) is 0 Å². The van der Waals surface area contributed by atoms with Gasteiger partial charge in [0.1, 0.15) is 11.8 Å². The van der Waals surface area contributed by atoms with Gasteiger partial charge in [-0.2, -0.15) is 0 Å². The van der Waals surface area contributed by atoms with Gasteiger partial charge >= 0.3 is 7.32 Å². The van der Waals surface area contributed by atoms with Crippen molar-refractivity contribution in [3.05, 3.63) is 72.0 Å². The van der Waals surface area contributed by atoms with Crippen molar-refractivity contribution in [2.24, 2.45) is 0 Å². The molecule has 0 aliphatic carbocycles. The Bertz CT molecular complexity index is 882. The Balaban J connectivity index is 1.77. The van der Waals surface area contributed by atoms with Crippen LogP contribution in [-0.4, -0.2) is 41.2 Å². The molecule has 2 atom stereocenters. The smallest absolute Gasteiger partial charge is 0.464 e. The van der Waals surface area contributed by atoms with Crippen molar-refractivity contribution in [1.82, 2.24) is 5.32 Å². The molecule has 2 aromatic carbocycles. The molecule has 4 N–H and O–H groups in total. The fraction of sp³-hybridized carbons (Fsp3) is 0.211. The van der Waals surface area contributed by atoms with Crippen molar-refractivity contribution in [1.29, 1.82) is 0 Å². The number of nitrogens with one attached hydrogen (secondary N) is 1. The van der Waals surface area contributed by atoms with Gasteiger partial charge in [0.05, 0.1) is 18.8 Å². The molecule has 8 heteroatoms. The maximum atomic E-state index is 12.6. The highest BCUT2D eigenvalue weighted by Gasteiger charge is 2.26. The van der Waals surface area contributed by atoms with Crippen LogP contribution in [0.25, 0.3) is 11.0 Å². The summed E-state index contributed by atoms with van der Waals surface area (Å²) in [6, 6.07) is 16.2. The highest BCUT2D eigenvalue weighted by atomic mass is 16.6. The Kier molecular flexibility index (Phi) is 6.26. The van der Waals surface area contributed by atoms with Crippen molar-refractivity contribution in [2.45, 2.75) is 18.6 Å². The van der Waals surface area contributed by atoms with E-state index in [9.17, 15) is 19.9 Å². The molecule has 0 saturated heterocycles. The summed E-state index contributed by atoms with van der Waals surface area (Å²) in [5.41, 5.74) is 2.08. The van der Waals surface area contributed by atoms with Gasteiger partial charge in [0.15, 0.2) is 0 Å². The van der Waals surface area contributed by atoms with Crippen molar-refractivity contribution in [3.8, 4) is 0 Å². The maximum absolute atomic E-state index is 12.6. The molecule has 0 fully saturated rings. The van der Waals surface area contributed by atoms with Gasteiger partial charge in [-0.25, -0.2) is 0 Å². The van der Waals surface area contributed by atoms with Gasteiger partial charge in [-0.15, -0.1) is 0 Å². The van der Waals surface area contributed by atoms with Crippen LogP contribution in [0.1, 0.15) is 17.0 Å². The lowest BCUT2D eigenvalue weighted by atomic mass is 9.99. The van der Waals surface area contributed by atoms with Gasteiger partial charge in [0, 0.05) is 17.4 Å². The molecule has 0 unspecified atom stereocenters. The topological polar surface area (TPSA) is 112 Å². The number of hydrogen-bond donors (Lipinski definition) is 4. The van der Waals surface area contributed by atoms with Crippen molar-refractivity contribution < 1.29 is 29.0 Å². The number of aliphatic hydroxyl groups is 1. The molecule has 3 rings (SSSR count). The molecule has 140 valence electrons. The van der Waals surface area contributed by atoms with E-state index in [4.69, 9.17) is 9.07 Å². The first-order valence-corrected chi connectivity index (χ1v) is 8.51. The van der Waals surface area contributed by atoms with Crippen molar-refractivity contribution >= 4 is 24.2 Å². The Morgan fingerprint density at radius 3 is 2.52 bits per heavy atom. The average molecular weight is 369 g/mol. The van der Waals surface area contributed by atoms with Crippen LogP contribution < -0.4 is 5.32 Å². The number of aliphatic hydroxyl groups excluding tert-OH is 1. The summed E-state index contributed by atoms with van der Waals surface area (Å²) in [5.74, 6) is -1.28. The fourth-order valence-electron chi connectivity index (χ4n) is 2.95. The lowest BCUT2D eigenvalue weighted by molar-refractivity contribution is -0.126. The van der Waals surface area contributed by atoms with Gasteiger partial charge in [-0.05, 0) is 11.6 Å². The number of amides is 1. The standard InChI is InChI=1S/C19H20BNO6/c22-11-16(13-6-2-1-3-7-13)19(23)21-18(27-20(24)25)10-14-12-26-17-9-5-4-8-15(14)17/h1-9,12,16,18,22,24-25H,10-11H2,(H,21,23)/t16-,18-/m1/s1. The largest absolute Gasteiger partial charge is 0.635 e. The van der Waals surface area contributed by atoms with Gasteiger partial charge in [0.25, 0.3) is 0 Å². The second kappa shape index (κ2) is 8.83. The first-order valence-electron chi connectivity index (χ1n) is 8.51. The summed E-state index contributed by atoms with van der Waals surface area (Å²) in [7, 11) is -2.06. The molecular formula is C19H20BNO6. The summed E-state index contributed by atoms with van der Waals surface area (Å²) >= 11 is 0. The van der Waals surface area contributed by atoms with Crippen LogP contribution in [-0.2, 0) is 15.9 Å². The molecule has 0 bridgehead atoms. The third kappa shape index (κ3) is 4.75. The Morgan fingerprint density at radius 2 is 1.81 bits per heavy atom. The number of carbonyl (C=O) groups excluding carboxylic acids is 1. The minimum atomic E-state index is -2.06. The first-order chi connectivity index (χ1) is 13.1. The summed E-state index contributed by atoms with van der Waals surface area (Å²) in [5, 5.41) is 31.5. The molecule has 3 aromatic rings. The number of fused-ring (bicyclic) bond motifs is 1. The number of benzene rings is 2.